The third-order valence-corrected chi connectivity index (χ3v) is 2.91. The van der Waals surface area contributed by atoms with Crippen molar-refractivity contribution in [2.24, 2.45) is 0 Å². The molecule has 3 rings (SSSR count). The molecule has 3 nitrogen and oxygen atoms in total. The van der Waals surface area contributed by atoms with E-state index in [9.17, 15) is 0 Å². The topological polar surface area (TPSA) is 30.7 Å². The predicted molar refractivity (Wildman–Crippen MR) is 71.5 cm³/mol. The first kappa shape index (κ1) is 10.7. The van der Waals surface area contributed by atoms with Gasteiger partial charge in [-0.3, -0.25) is 4.98 Å². The molecule has 0 unspecified atom stereocenters. The average Bonchev–Trinajstić information content (AvgIpc) is 2.83. The first-order valence-corrected chi connectivity index (χ1v) is 5.87. The van der Waals surface area contributed by atoms with Crippen molar-refractivity contribution in [2.75, 3.05) is 0 Å². The van der Waals surface area contributed by atoms with Crippen LogP contribution in [0.5, 0.6) is 0 Å². The van der Waals surface area contributed by atoms with Gasteiger partial charge >= 0.3 is 0 Å². The van der Waals surface area contributed by atoms with Gasteiger partial charge in [-0.05, 0) is 36.8 Å². The number of nitrogens with zero attached hydrogens (tertiary/aromatic N) is 3. The maximum atomic E-state index is 4.46. The Balaban J connectivity index is 2.19. The van der Waals surface area contributed by atoms with Gasteiger partial charge in [0.1, 0.15) is 0 Å². The number of benzene rings is 1. The van der Waals surface area contributed by atoms with Crippen molar-refractivity contribution in [3.8, 4) is 16.9 Å². The highest BCUT2D eigenvalue weighted by Gasteiger charge is 2.10. The Morgan fingerprint density at radius 1 is 0.944 bits per heavy atom. The van der Waals surface area contributed by atoms with Crippen LogP contribution in [-0.4, -0.2) is 14.8 Å². The van der Waals surface area contributed by atoms with Gasteiger partial charge in [0.2, 0.25) is 0 Å². The largest absolute Gasteiger partial charge is 0.265 e. The second kappa shape index (κ2) is 4.45. The molecule has 2 aromatic heterocycles. The summed E-state index contributed by atoms with van der Waals surface area (Å²) in [7, 11) is 0. The highest BCUT2D eigenvalue weighted by atomic mass is 15.3. The van der Waals surface area contributed by atoms with Crippen molar-refractivity contribution >= 4 is 0 Å². The van der Waals surface area contributed by atoms with E-state index < -0.39 is 0 Å². The fourth-order valence-electron chi connectivity index (χ4n) is 2.05. The Morgan fingerprint density at radius 3 is 2.39 bits per heavy atom. The second-order valence-electron chi connectivity index (χ2n) is 4.16. The first-order chi connectivity index (χ1) is 8.86. The van der Waals surface area contributed by atoms with E-state index in [-0.39, 0.29) is 0 Å². The number of hydrogen-bond donors (Lipinski definition) is 0. The lowest BCUT2D eigenvalue weighted by Gasteiger charge is -2.08. The summed E-state index contributed by atoms with van der Waals surface area (Å²) < 4.78 is 1.96. The fourth-order valence-corrected chi connectivity index (χ4v) is 2.05. The van der Waals surface area contributed by atoms with Crippen LogP contribution >= 0.6 is 0 Å². The highest BCUT2D eigenvalue weighted by Crippen LogP contribution is 2.25. The average molecular weight is 235 g/mol. The second-order valence-corrected chi connectivity index (χ2v) is 4.16. The number of rotatable bonds is 2. The van der Waals surface area contributed by atoms with E-state index in [1.165, 1.54) is 0 Å². The first-order valence-electron chi connectivity index (χ1n) is 5.87. The van der Waals surface area contributed by atoms with Crippen molar-refractivity contribution in [3.05, 3.63) is 66.6 Å². The van der Waals surface area contributed by atoms with Crippen LogP contribution in [0.2, 0.25) is 0 Å². The molecule has 0 N–H and O–H groups in total. The summed E-state index contributed by atoms with van der Waals surface area (Å²) in [6, 6.07) is 14.2. The zero-order valence-corrected chi connectivity index (χ0v) is 10.1. The molecule has 0 saturated heterocycles. The Morgan fingerprint density at radius 2 is 1.67 bits per heavy atom. The monoisotopic (exact) mass is 235 g/mol. The third-order valence-electron chi connectivity index (χ3n) is 2.91. The number of para-hydroxylation sites is 1. The Bertz CT molecular complexity index is 642. The third kappa shape index (κ3) is 1.80. The molecule has 2 heterocycles. The summed E-state index contributed by atoms with van der Waals surface area (Å²) in [6.07, 6.45) is 5.50. The molecule has 0 bridgehead atoms. The van der Waals surface area contributed by atoms with Crippen LogP contribution in [-0.2, 0) is 0 Å². The zero-order valence-electron chi connectivity index (χ0n) is 10.1. The fraction of sp³-hybridized carbons (Fsp3) is 0.0667. The Kier molecular flexibility index (Phi) is 2.65. The highest BCUT2D eigenvalue weighted by molar-refractivity contribution is 5.64. The van der Waals surface area contributed by atoms with Crippen molar-refractivity contribution in [3.63, 3.8) is 0 Å². The molecule has 3 aromatic rings. The van der Waals surface area contributed by atoms with Crippen LogP contribution in [0.25, 0.3) is 16.9 Å². The molecule has 0 aliphatic rings. The predicted octanol–water partition coefficient (Wildman–Crippen LogP) is 3.24. The minimum atomic E-state index is 1.07. The molecule has 88 valence electrons. The number of hydrogen-bond acceptors (Lipinski definition) is 2. The number of aryl methyl sites for hydroxylation is 1. The minimum Gasteiger partial charge on any atom is -0.265 e. The standard InChI is InChI=1S/C15H13N3/c1-12-11-17-18(14-5-3-2-4-6-14)15(12)13-7-9-16-10-8-13/h2-11H,1H3. The number of aromatic nitrogens is 3. The number of pyridine rings is 1. The summed E-state index contributed by atoms with van der Waals surface area (Å²) in [5.74, 6) is 0. The van der Waals surface area contributed by atoms with Crippen LogP contribution < -0.4 is 0 Å². The maximum absolute atomic E-state index is 4.46. The van der Waals surface area contributed by atoms with Crippen LogP contribution in [0.3, 0.4) is 0 Å². The van der Waals surface area contributed by atoms with E-state index in [0.717, 1.165) is 22.5 Å². The van der Waals surface area contributed by atoms with Crippen molar-refractivity contribution in [1.82, 2.24) is 14.8 Å². The maximum Gasteiger partial charge on any atom is 0.0771 e. The van der Waals surface area contributed by atoms with Gasteiger partial charge in [-0.2, -0.15) is 5.10 Å². The van der Waals surface area contributed by atoms with Gasteiger partial charge in [-0.25, -0.2) is 4.68 Å². The molecule has 0 amide bonds. The normalized spacial score (nSPS) is 10.5. The summed E-state index contributed by atoms with van der Waals surface area (Å²) >= 11 is 0. The lowest BCUT2D eigenvalue weighted by Crippen LogP contribution is -1.99. The van der Waals surface area contributed by atoms with E-state index in [1.54, 1.807) is 12.4 Å². The molecule has 0 atom stereocenters. The quantitative estimate of drug-likeness (QED) is 0.682. The molecule has 18 heavy (non-hydrogen) atoms. The van der Waals surface area contributed by atoms with Gasteiger partial charge in [0.25, 0.3) is 0 Å². The SMILES string of the molecule is Cc1cnn(-c2ccccc2)c1-c1ccncc1. The summed E-state index contributed by atoms with van der Waals surface area (Å²) in [5, 5.41) is 4.46. The lowest BCUT2D eigenvalue weighted by atomic mass is 10.1. The van der Waals surface area contributed by atoms with Crippen molar-refractivity contribution in [2.45, 2.75) is 6.92 Å². The molecular formula is C15H13N3. The van der Waals surface area contributed by atoms with Gasteiger partial charge in [0.05, 0.1) is 17.6 Å². The molecule has 0 saturated carbocycles. The van der Waals surface area contributed by atoms with E-state index in [0.29, 0.717) is 0 Å². The van der Waals surface area contributed by atoms with Gasteiger partial charge < -0.3 is 0 Å². The molecule has 1 aromatic carbocycles. The lowest BCUT2D eigenvalue weighted by molar-refractivity contribution is 0.887. The Hall–Kier alpha value is -2.42. The molecule has 0 aliphatic heterocycles. The van der Waals surface area contributed by atoms with Crippen LogP contribution in [0.15, 0.2) is 61.1 Å². The van der Waals surface area contributed by atoms with Gasteiger partial charge in [0.15, 0.2) is 0 Å². The molecule has 0 spiro atoms. The smallest absolute Gasteiger partial charge is 0.0771 e. The van der Waals surface area contributed by atoms with Crippen LogP contribution in [0, 0.1) is 6.92 Å². The summed E-state index contributed by atoms with van der Waals surface area (Å²) in [6.45, 7) is 2.07. The molecule has 0 fully saturated rings. The molecular weight excluding hydrogens is 222 g/mol. The van der Waals surface area contributed by atoms with Gasteiger partial charge in [0, 0.05) is 18.0 Å². The van der Waals surface area contributed by atoms with E-state index in [1.807, 2.05) is 41.2 Å². The van der Waals surface area contributed by atoms with Crippen LogP contribution in [0.1, 0.15) is 5.56 Å². The van der Waals surface area contributed by atoms with Gasteiger partial charge in [-0.1, -0.05) is 18.2 Å². The zero-order chi connectivity index (χ0) is 12.4. The van der Waals surface area contributed by atoms with E-state index >= 15 is 0 Å². The van der Waals surface area contributed by atoms with Crippen LogP contribution in [0.4, 0.5) is 0 Å². The van der Waals surface area contributed by atoms with Crippen molar-refractivity contribution in [1.29, 1.82) is 0 Å². The minimum absolute atomic E-state index is 1.07. The van der Waals surface area contributed by atoms with E-state index in [2.05, 4.69) is 29.1 Å². The summed E-state index contributed by atoms with van der Waals surface area (Å²) in [5.41, 5.74) is 4.47. The summed E-state index contributed by atoms with van der Waals surface area (Å²) in [4.78, 5) is 4.06. The van der Waals surface area contributed by atoms with Crippen molar-refractivity contribution < 1.29 is 0 Å². The molecule has 0 aliphatic carbocycles. The molecule has 0 radical (unpaired) electrons. The van der Waals surface area contributed by atoms with Gasteiger partial charge in [-0.15, -0.1) is 0 Å². The Labute approximate surface area is 106 Å². The van der Waals surface area contributed by atoms with E-state index in [4.69, 9.17) is 0 Å². The molecule has 3 heteroatoms.